The highest BCUT2D eigenvalue weighted by molar-refractivity contribution is 7.89. The minimum Gasteiger partial charge on any atom is -0.255 e. The summed E-state index contributed by atoms with van der Waals surface area (Å²) in [6, 6.07) is 13.2. The van der Waals surface area contributed by atoms with Crippen LogP contribution in [0, 0.1) is 6.92 Å². The third-order valence-electron chi connectivity index (χ3n) is 5.13. The van der Waals surface area contributed by atoms with E-state index >= 15 is 0 Å². The molecule has 28 heavy (non-hydrogen) atoms. The molecule has 4 nitrogen and oxygen atoms in total. The first-order valence-corrected chi connectivity index (χ1v) is 12.2. The first-order valence-electron chi connectivity index (χ1n) is 9.02. The van der Waals surface area contributed by atoms with Gasteiger partial charge < -0.3 is 0 Å². The smallest absolute Gasteiger partial charge is 0.246 e. The molecule has 0 unspecified atom stereocenters. The number of benzene rings is 1. The molecule has 0 saturated carbocycles. The fraction of sp³-hybridized carbons (Fsp3) is 0.190. The van der Waals surface area contributed by atoms with E-state index in [0.29, 0.717) is 12.1 Å². The predicted octanol–water partition coefficient (Wildman–Crippen LogP) is 5.00. The number of fused-ring (bicyclic) bond motifs is 2. The number of hydrogen-bond donors (Lipinski definition) is 0. The van der Waals surface area contributed by atoms with Crippen LogP contribution >= 0.6 is 22.7 Å². The molecule has 1 aliphatic rings. The molecule has 5 rings (SSSR count). The van der Waals surface area contributed by atoms with E-state index in [9.17, 15) is 8.42 Å². The van der Waals surface area contributed by atoms with Crippen LogP contribution in [0.25, 0.3) is 10.9 Å². The fourth-order valence-electron chi connectivity index (χ4n) is 3.87. The van der Waals surface area contributed by atoms with E-state index < -0.39 is 10.0 Å². The monoisotopic (exact) mass is 426 g/mol. The summed E-state index contributed by atoms with van der Waals surface area (Å²) in [5.41, 5.74) is 2.65. The maximum Gasteiger partial charge on any atom is 0.246 e. The Morgan fingerprint density at radius 3 is 2.82 bits per heavy atom. The zero-order chi connectivity index (χ0) is 19.3. The van der Waals surface area contributed by atoms with Crippen LogP contribution in [0.4, 0.5) is 0 Å². The first kappa shape index (κ1) is 18.0. The molecule has 3 aromatic heterocycles. The van der Waals surface area contributed by atoms with Crippen molar-refractivity contribution < 1.29 is 8.42 Å². The van der Waals surface area contributed by atoms with Gasteiger partial charge in [-0.05, 0) is 59.5 Å². The van der Waals surface area contributed by atoms with Crippen LogP contribution in [0.1, 0.15) is 26.9 Å². The Morgan fingerprint density at radius 2 is 2.00 bits per heavy atom. The molecule has 0 fully saturated rings. The van der Waals surface area contributed by atoms with Gasteiger partial charge in [0.05, 0.1) is 11.6 Å². The van der Waals surface area contributed by atoms with E-state index in [0.717, 1.165) is 27.8 Å². The average molecular weight is 427 g/mol. The number of sulfonamides is 1. The van der Waals surface area contributed by atoms with E-state index in [1.165, 1.54) is 4.88 Å². The van der Waals surface area contributed by atoms with Crippen molar-refractivity contribution in [2.75, 3.05) is 6.54 Å². The molecular weight excluding hydrogens is 408 g/mol. The maximum absolute atomic E-state index is 13.8. The highest BCUT2D eigenvalue weighted by atomic mass is 32.2. The van der Waals surface area contributed by atoms with E-state index in [-0.39, 0.29) is 10.9 Å². The second-order valence-electron chi connectivity index (χ2n) is 6.92. The van der Waals surface area contributed by atoms with Gasteiger partial charge in [-0.25, -0.2) is 8.42 Å². The number of nitrogens with zero attached hydrogens (tertiary/aromatic N) is 2. The second-order valence-corrected chi connectivity index (χ2v) is 10.8. The quantitative estimate of drug-likeness (QED) is 0.463. The van der Waals surface area contributed by atoms with E-state index in [1.807, 2.05) is 36.6 Å². The maximum atomic E-state index is 13.8. The van der Waals surface area contributed by atoms with Gasteiger partial charge in [-0.15, -0.1) is 22.7 Å². The van der Waals surface area contributed by atoms with Gasteiger partial charge in [0, 0.05) is 27.9 Å². The Hall–Kier alpha value is -2.06. The summed E-state index contributed by atoms with van der Waals surface area (Å²) in [4.78, 5) is 7.07. The number of para-hydroxylation sites is 1. The predicted molar refractivity (Wildman–Crippen MR) is 115 cm³/mol. The largest absolute Gasteiger partial charge is 0.255 e. The molecule has 0 N–H and O–H groups in total. The standard InChI is InChI=1S/C21H18N2O2S3/c1-14-12-15-4-2-6-19(20(15)22-13-14)28(24,25)23-9-7-17-16(8-11-27-17)21(23)18-5-3-10-26-18/h2-6,8,10-13,21H,7,9H2,1H3/t21-/m0/s1. The number of aryl methyl sites for hydroxylation is 1. The van der Waals surface area contributed by atoms with Gasteiger partial charge in [0.2, 0.25) is 10.0 Å². The lowest BCUT2D eigenvalue weighted by atomic mass is 10.0. The van der Waals surface area contributed by atoms with E-state index in [2.05, 4.69) is 16.4 Å². The van der Waals surface area contributed by atoms with Gasteiger partial charge in [-0.2, -0.15) is 4.31 Å². The van der Waals surface area contributed by atoms with E-state index in [4.69, 9.17) is 0 Å². The average Bonchev–Trinajstić information content (AvgIpc) is 3.38. The summed E-state index contributed by atoms with van der Waals surface area (Å²) in [6.45, 7) is 2.43. The Morgan fingerprint density at radius 1 is 1.11 bits per heavy atom. The number of hydrogen-bond acceptors (Lipinski definition) is 5. The molecule has 0 bridgehead atoms. The first-order chi connectivity index (χ1) is 13.6. The van der Waals surface area contributed by atoms with Crippen LogP contribution in [0.3, 0.4) is 0 Å². The Labute approximate surface area is 172 Å². The summed E-state index contributed by atoms with van der Waals surface area (Å²) in [5.74, 6) is 0. The van der Waals surface area contributed by atoms with Crippen LogP contribution in [-0.4, -0.2) is 24.3 Å². The molecule has 1 aliphatic heterocycles. The van der Waals surface area contributed by atoms with Crippen LogP contribution in [0.5, 0.6) is 0 Å². The topological polar surface area (TPSA) is 50.3 Å². The summed E-state index contributed by atoms with van der Waals surface area (Å²) in [5, 5.41) is 4.91. The molecule has 1 atom stereocenters. The number of pyridine rings is 1. The summed E-state index contributed by atoms with van der Waals surface area (Å²) in [7, 11) is -3.72. The molecule has 0 radical (unpaired) electrons. The molecule has 0 aliphatic carbocycles. The lowest BCUT2D eigenvalue weighted by molar-refractivity contribution is 0.350. The van der Waals surface area contributed by atoms with Crippen molar-refractivity contribution in [3.8, 4) is 0 Å². The zero-order valence-corrected chi connectivity index (χ0v) is 17.7. The zero-order valence-electron chi connectivity index (χ0n) is 15.2. The molecule has 0 spiro atoms. The molecule has 7 heteroatoms. The van der Waals surface area contributed by atoms with Crippen LogP contribution in [0.15, 0.2) is 64.3 Å². The van der Waals surface area contributed by atoms with Crippen molar-refractivity contribution >= 4 is 43.6 Å². The van der Waals surface area contributed by atoms with Gasteiger partial charge in [0.15, 0.2) is 0 Å². The minimum atomic E-state index is -3.72. The lowest BCUT2D eigenvalue weighted by Crippen LogP contribution is -2.39. The summed E-state index contributed by atoms with van der Waals surface area (Å²) < 4.78 is 29.3. The van der Waals surface area contributed by atoms with Crippen LogP contribution < -0.4 is 0 Å². The van der Waals surface area contributed by atoms with Gasteiger partial charge >= 0.3 is 0 Å². The molecule has 142 valence electrons. The van der Waals surface area contributed by atoms with Gasteiger partial charge in [-0.3, -0.25) is 4.98 Å². The minimum absolute atomic E-state index is 0.277. The normalized spacial score (nSPS) is 17.7. The Balaban J connectivity index is 1.69. The van der Waals surface area contributed by atoms with Crippen LogP contribution in [0.2, 0.25) is 0 Å². The molecule has 4 aromatic rings. The molecule has 4 heterocycles. The molecule has 0 saturated heterocycles. The number of thiophene rings is 2. The van der Waals surface area contributed by atoms with Crippen LogP contribution in [-0.2, 0) is 16.4 Å². The van der Waals surface area contributed by atoms with Crippen molar-refractivity contribution in [3.05, 3.63) is 80.3 Å². The van der Waals surface area contributed by atoms with Gasteiger partial charge in [0.25, 0.3) is 0 Å². The summed E-state index contributed by atoms with van der Waals surface area (Å²) >= 11 is 3.31. The van der Waals surface area contributed by atoms with Gasteiger partial charge in [-0.1, -0.05) is 18.2 Å². The third kappa shape index (κ3) is 2.81. The highest BCUT2D eigenvalue weighted by Gasteiger charge is 2.39. The highest BCUT2D eigenvalue weighted by Crippen LogP contribution is 2.42. The molecular formula is C21H18N2O2S3. The number of aromatic nitrogens is 1. The lowest BCUT2D eigenvalue weighted by Gasteiger charge is -2.34. The Kier molecular flexibility index (Phi) is 4.35. The third-order valence-corrected chi connectivity index (χ3v) is 8.95. The van der Waals surface area contributed by atoms with Crippen molar-refractivity contribution in [1.29, 1.82) is 0 Å². The van der Waals surface area contributed by atoms with Crippen molar-refractivity contribution in [1.82, 2.24) is 9.29 Å². The Bertz CT molecular complexity index is 1260. The van der Waals surface area contributed by atoms with E-state index in [1.54, 1.807) is 45.3 Å². The van der Waals surface area contributed by atoms with Crippen molar-refractivity contribution in [3.63, 3.8) is 0 Å². The second kappa shape index (κ2) is 6.77. The van der Waals surface area contributed by atoms with Gasteiger partial charge in [0.1, 0.15) is 4.90 Å². The number of rotatable bonds is 3. The fourth-order valence-corrected chi connectivity index (χ4v) is 7.45. The summed E-state index contributed by atoms with van der Waals surface area (Å²) in [6.07, 6.45) is 2.47. The van der Waals surface area contributed by atoms with Crippen molar-refractivity contribution in [2.24, 2.45) is 0 Å². The molecule has 0 amide bonds. The van der Waals surface area contributed by atoms with Crippen molar-refractivity contribution in [2.45, 2.75) is 24.3 Å². The molecule has 1 aromatic carbocycles. The SMILES string of the molecule is Cc1cnc2c(S(=O)(=O)N3CCc4sccc4[C@H]3c3cccs3)cccc2c1.